The number of benzene rings is 1. The maximum atomic E-state index is 13.1. The number of anilines is 1. The third-order valence-corrected chi connectivity index (χ3v) is 3.05. The Labute approximate surface area is 117 Å². The Morgan fingerprint density at radius 2 is 2.00 bits per heavy atom. The molecule has 0 spiro atoms. The van der Waals surface area contributed by atoms with Crippen LogP contribution in [0, 0.1) is 0 Å². The minimum absolute atomic E-state index is 0.189. The van der Waals surface area contributed by atoms with E-state index in [9.17, 15) is 13.2 Å². The lowest BCUT2D eigenvalue weighted by molar-refractivity contribution is -0.137. The maximum absolute atomic E-state index is 13.1. The van der Waals surface area contributed by atoms with Crippen molar-refractivity contribution in [2.75, 3.05) is 38.8 Å². The van der Waals surface area contributed by atoms with E-state index in [-0.39, 0.29) is 5.69 Å². The summed E-state index contributed by atoms with van der Waals surface area (Å²) in [6.07, 6.45) is -3.25. The van der Waals surface area contributed by atoms with Gasteiger partial charge in [-0.3, -0.25) is 0 Å². The van der Waals surface area contributed by atoms with Crippen molar-refractivity contribution < 1.29 is 17.9 Å². The highest BCUT2D eigenvalue weighted by molar-refractivity contribution is 5.56. The smallest absolute Gasteiger partial charge is 0.385 e. The summed E-state index contributed by atoms with van der Waals surface area (Å²) < 4.78 is 44.3. The molecule has 0 aliphatic carbocycles. The average Bonchev–Trinajstić information content (AvgIpc) is 2.38. The molecule has 0 aromatic heterocycles. The number of nitrogens with zero attached hydrogens (tertiary/aromatic N) is 1. The molecular formula is C14H21F3N2O. The lowest BCUT2D eigenvalue weighted by Gasteiger charge is -2.24. The van der Waals surface area contributed by atoms with Gasteiger partial charge in [-0.1, -0.05) is 6.07 Å². The summed E-state index contributed by atoms with van der Waals surface area (Å²) >= 11 is 0. The van der Waals surface area contributed by atoms with Gasteiger partial charge in [-0.15, -0.1) is 0 Å². The van der Waals surface area contributed by atoms with Gasteiger partial charge in [0.1, 0.15) is 0 Å². The van der Waals surface area contributed by atoms with Crippen LogP contribution in [0.15, 0.2) is 18.2 Å². The summed E-state index contributed by atoms with van der Waals surface area (Å²) in [7, 11) is 3.23. The molecule has 0 radical (unpaired) electrons. The van der Waals surface area contributed by atoms with E-state index in [1.54, 1.807) is 25.1 Å². The van der Waals surface area contributed by atoms with Crippen LogP contribution >= 0.6 is 0 Å². The predicted molar refractivity (Wildman–Crippen MR) is 74.0 cm³/mol. The van der Waals surface area contributed by atoms with Crippen LogP contribution in [0.4, 0.5) is 18.9 Å². The monoisotopic (exact) mass is 290 g/mol. The summed E-state index contributed by atoms with van der Waals surface area (Å²) in [5.74, 6) is 0. The van der Waals surface area contributed by atoms with Gasteiger partial charge < -0.3 is 15.4 Å². The first-order valence-corrected chi connectivity index (χ1v) is 6.50. The fourth-order valence-electron chi connectivity index (χ4n) is 2.03. The summed E-state index contributed by atoms with van der Waals surface area (Å²) in [6, 6.07) is 4.40. The van der Waals surface area contributed by atoms with Crippen LogP contribution in [0.2, 0.25) is 0 Å². The molecule has 0 aliphatic heterocycles. The topological polar surface area (TPSA) is 38.5 Å². The quantitative estimate of drug-likeness (QED) is 0.785. The Bertz CT molecular complexity index is 421. The highest BCUT2D eigenvalue weighted by Gasteiger charge is 2.34. The molecule has 20 heavy (non-hydrogen) atoms. The van der Waals surface area contributed by atoms with E-state index in [0.717, 1.165) is 0 Å². The number of hydrogen-bond donors (Lipinski definition) is 1. The molecule has 1 aromatic carbocycles. The van der Waals surface area contributed by atoms with E-state index >= 15 is 0 Å². The van der Waals surface area contributed by atoms with Crippen molar-refractivity contribution >= 4 is 5.69 Å². The van der Waals surface area contributed by atoms with Gasteiger partial charge >= 0.3 is 6.18 Å². The van der Waals surface area contributed by atoms with E-state index in [4.69, 9.17) is 10.5 Å². The highest BCUT2D eigenvalue weighted by Crippen LogP contribution is 2.37. The van der Waals surface area contributed by atoms with Crippen LogP contribution in [0.1, 0.15) is 17.5 Å². The van der Waals surface area contributed by atoms with Crippen LogP contribution < -0.4 is 10.6 Å². The van der Waals surface area contributed by atoms with E-state index in [0.29, 0.717) is 38.1 Å². The molecule has 0 saturated carbocycles. The number of hydrogen-bond acceptors (Lipinski definition) is 3. The molecular weight excluding hydrogens is 269 g/mol. The summed E-state index contributed by atoms with van der Waals surface area (Å²) in [4.78, 5) is 1.61. The second-order valence-corrected chi connectivity index (χ2v) is 4.66. The third kappa shape index (κ3) is 4.68. The Morgan fingerprint density at radius 1 is 1.30 bits per heavy atom. The van der Waals surface area contributed by atoms with Crippen LogP contribution in [0.25, 0.3) is 0 Å². The number of nitrogens with two attached hydrogens (primary N) is 1. The van der Waals surface area contributed by atoms with Gasteiger partial charge in [0.15, 0.2) is 0 Å². The number of methoxy groups -OCH3 is 1. The fraction of sp³-hybridized carbons (Fsp3) is 0.571. The van der Waals surface area contributed by atoms with Gasteiger partial charge in [0.25, 0.3) is 0 Å². The number of ether oxygens (including phenoxy) is 1. The Kier molecular flexibility index (Phi) is 6.29. The molecule has 0 unspecified atom stereocenters. The van der Waals surface area contributed by atoms with Crippen molar-refractivity contribution in [3.63, 3.8) is 0 Å². The van der Waals surface area contributed by atoms with Gasteiger partial charge in [-0.25, -0.2) is 0 Å². The lowest BCUT2D eigenvalue weighted by Crippen LogP contribution is -2.23. The summed E-state index contributed by atoms with van der Waals surface area (Å²) in [6.45, 7) is 1.37. The van der Waals surface area contributed by atoms with Crippen LogP contribution in [0.5, 0.6) is 0 Å². The number of alkyl halides is 3. The van der Waals surface area contributed by atoms with Crippen molar-refractivity contribution in [3.05, 3.63) is 29.3 Å². The number of rotatable bonds is 7. The molecule has 0 bridgehead atoms. The highest BCUT2D eigenvalue weighted by atomic mass is 19.4. The fourth-order valence-corrected chi connectivity index (χ4v) is 2.03. The molecule has 1 aromatic rings. The first-order chi connectivity index (χ1) is 9.40. The number of halogens is 3. The minimum Gasteiger partial charge on any atom is -0.385 e. The SMILES string of the molecule is COCCCN(C)c1ccc(CCN)cc1C(F)(F)F. The van der Waals surface area contributed by atoms with Crippen molar-refractivity contribution in [1.82, 2.24) is 0 Å². The molecule has 114 valence electrons. The first kappa shape index (κ1) is 16.8. The van der Waals surface area contributed by atoms with Crippen molar-refractivity contribution in [2.24, 2.45) is 5.73 Å². The zero-order valence-electron chi connectivity index (χ0n) is 11.8. The third-order valence-electron chi connectivity index (χ3n) is 3.05. The van der Waals surface area contributed by atoms with Crippen molar-refractivity contribution in [3.8, 4) is 0 Å². The lowest BCUT2D eigenvalue weighted by atomic mass is 10.0. The molecule has 0 fully saturated rings. The molecule has 0 amide bonds. The van der Waals surface area contributed by atoms with Crippen molar-refractivity contribution in [1.29, 1.82) is 0 Å². The van der Waals surface area contributed by atoms with Gasteiger partial charge in [0, 0.05) is 33.0 Å². The minimum atomic E-state index is -4.37. The molecule has 1 rings (SSSR count). The maximum Gasteiger partial charge on any atom is 0.418 e. The van der Waals surface area contributed by atoms with Crippen LogP contribution in [-0.2, 0) is 17.3 Å². The summed E-state index contributed by atoms with van der Waals surface area (Å²) in [5.41, 5.74) is 5.58. The van der Waals surface area contributed by atoms with E-state index < -0.39 is 11.7 Å². The summed E-state index contributed by atoms with van der Waals surface area (Å²) in [5, 5.41) is 0. The molecule has 2 N–H and O–H groups in total. The van der Waals surface area contributed by atoms with E-state index in [1.807, 2.05) is 0 Å². The molecule has 3 nitrogen and oxygen atoms in total. The van der Waals surface area contributed by atoms with Gasteiger partial charge in [0.2, 0.25) is 0 Å². The molecule has 0 atom stereocenters. The zero-order valence-corrected chi connectivity index (χ0v) is 11.8. The van der Waals surface area contributed by atoms with Gasteiger partial charge in [-0.05, 0) is 37.1 Å². The van der Waals surface area contributed by atoms with E-state index in [1.165, 1.54) is 12.1 Å². The van der Waals surface area contributed by atoms with Crippen molar-refractivity contribution in [2.45, 2.75) is 19.0 Å². The first-order valence-electron chi connectivity index (χ1n) is 6.50. The average molecular weight is 290 g/mol. The largest absolute Gasteiger partial charge is 0.418 e. The second-order valence-electron chi connectivity index (χ2n) is 4.66. The molecule has 6 heteroatoms. The zero-order chi connectivity index (χ0) is 15.2. The second kappa shape index (κ2) is 7.50. The molecule has 0 aliphatic rings. The van der Waals surface area contributed by atoms with Gasteiger partial charge in [0.05, 0.1) is 5.56 Å². The normalized spacial score (nSPS) is 11.7. The Balaban J connectivity index is 2.99. The van der Waals surface area contributed by atoms with E-state index in [2.05, 4.69) is 0 Å². The predicted octanol–water partition coefficient (Wildman–Crippen LogP) is 2.68. The van der Waals surface area contributed by atoms with Gasteiger partial charge in [-0.2, -0.15) is 13.2 Å². The Morgan fingerprint density at radius 3 is 2.55 bits per heavy atom. The standard InChI is InChI=1S/C14H21F3N2O/c1-19(8-3-9-20-2)13-5-4-11(6-7-18)10-12(13)14(15,16)17/h4-5,10H,3,6-9,18H2,1-2H3. The van der Waals surface area contributed by atoms with Crippen LogP contribution in [-0.4, -0.2) is 33.9 Å². The molecule has 0 saturated heterocycles. The molecule has 0 heterocycles. The Hall–Kier alpha value is -1.27. The van der Waals surface area contributed by atoms with Crippen LogP contribution in [0.3, 0.4) is 0 Å².